The molecule has 0 bridgehead atoms. The Balaban J connectivity index is 1.77. The number of rotatable bonds is 8. The van der Waals surface area contributed by atoms with E-state index < -0.39 is 0 Å². The van der Waals surface area contributed by atoms with Crippen LogP contribution in [0.5, 0.6) is 0 Å². The average molecular weight is 332 g/mol. The Morgan fingerprint density at radius 1 is 1.30 bits per heavy atom. The fourth-order valence-corrected chi connectivity index (χ4v) is 3.46. The molecule has 1 amide bonds. The van der Waals surface area contributed by atoms with Gasteiger partial charge in [0.15, 0.2) is 0 Å². The molecule has 1 heterocycles. The predicted octanol–water partition coefficient (Wildman–Crippen LogP) is 3.83. The van der Waals surface area contributed by atoms with Crippen molar-refractivity contribution in [3.63, 3.8) is 0 Å². The first-order valence-corrected chi connectivity index (χ1v) is 9.11. The second kappa shape index (κ2) is 8.77. The van der Waals surface area contributed by atoms with Crippen molar-refractivity contribution >= 4 is 17.7 Å². The highest BCUT2D eigenvalue weighted by atomic mass is 32.2. The van der Waals surface area contributed by atoms with E-state index in [9.17, 15) is 4.79 Å². The Kier molecular flexibility index (Phi) is 6.71. The van der Waals surface area contributed by atoms with Crippen molar-refractivity contribution in [3.8, 4) is 0 Å². The molecule has 2 rings (SSSR count). The molecule has 1 aromatic heterocycles. The van der Waals surface area contributed by atoms with E-state index in [2.05, 4.69) is 22.6 Å². The highest BCUT2D eigenvalue weighted by molar-refractivity contribution is 7.98. The number of thioether (sulfide) groups is 1. The van der Waals surface area contributed by atoms with E-state index in [-0.39, 0.29) is 11.8 Å². The first-order chi connectivity index (χ1) is 11.1. The molecule has 2 aromatic rings. The van der Waals surface area contributed by atoms with Crippen LogP contribution < -0.4 is 5.32 Å². The number of hydrogen-bond donors (Lipinski definition) is 1. The summed E-state index contributed by atoms with van der Waals surface area (Å²) in [5, 5.41) is 6.99. The average Bonchev–Trinajstić information content (AvgIpc) is 2.89. The van der Waals surface area contributed by atoms with E-state index in [1.165, 1.54) is 5.56 Å². The van der Waals surface area contributed by atoms with Gasteiger partial charge in [0, 0.05) is 23.6 Å². The van der Waals surface area contributed by atoms with E-state index in [0.717, 1.165) is 34.9 Å². The minimum Gasteiger partial charge on any atom is -0.361 e. The van der Waals surface area contributed by atoms with Crippen molar-refractivity contribution in [2.24, 2.45) is 0 Å². The van der Waals surface area contributed by atoms with E-state index in [1.807, 2.05) is 50.7 Å². The van der Waals surface area contributed by atoms with E-state index in [0.29, 0.717) is 6.54 Å². The van der Waals surface area contributed by atoms with Crippen LogP contribution in [0.25, 0.3) is 0 Å². The van der Waals surface area contributed by atoms with Gasteiger partial charge in [-0.05, 0) is 25.8 Å². The summed E-state index contributed by atoms with van der Waals surface area (Å²) in [5.41, 5.74) is 3.05. The van der Waals surface area contributed by atoms with Gasteiger partial charge in [-0.15, -0.1) is 0 Å². The van der Waals surface area contributed by atoms with Crippen LogP contribution in [0.3, 0.4) is 0 Å². The maximum Gasteiger partial charge on any atom is 0.227 e. The second-order valence-electron chi connectivity index (χ2n) is 5.53. The summed E-state index contributed by atoms with van der Waals surface area (Å²) in [6.45, 7) is 6.44. The Morgan fingerprint density at radius 3 is 2.65 bits per heavy atom. The molecule has 0 aliphatic rings. The van der Waals surface area contributed by atoms with Gasteiger partial charge >= 0.3 is 0 Å². The number of aryl methyl sites for hydroxylation is 2. The van der Waals surface area contributed by atoms with E-state index >= 15 is 0 Å². The summed E-state index contributed by atoms with van der Waals surface area (Å²) < 4.78 is 5.19. The molecule has 0 aliphatic carbocycles. The molecule has 5 heteroatoms. The smallest absolute Gasteiger partial charge is 0.227 e. The van der Waals surface area contributed by atoms with Gasteiger partial charge in [0.25, 0.3) is 0 Å². The lowest BCUT2D eigenvalue weighted by Gasteiger charge is -2.14. The molecule has 0 saturated heterocycles. The Hall–Kier alpha value is -1.75. The molecule has 23 heavy (non-hydrogen) atoms. The summed E-state index contributed by atoms with van der Waals surface area (Å²) in [6.07, 6.45) is 0.742. The molecule has 1 aromatic carbocycles. The van der Waals surface area contributed by atoms with Crippen LogP contribution in [0.15, 0.2) is 34.9 Å². The molecule has 124 valence electrons. The van der Waals surface area contributed by atoms with Crippen LogP contribution in [-0.4, -0.2) is 23.4 Å². The molecule has 0 fully saturated rings. The number of aromatic nitrogens is 1. The molecular formula is C18H24N2O2S. The molecule has 1 atom stereocenters. The number of amides is 1. The quantitative estimate of drug-likeness (QED) is 0.746. The van der Waals surface area contributed by atoms with Crippen LogP contribution in [0.4, 0.5) is 0 Å². The zero-order valence-corrected chi connectivity index (χ0v) is 14.8. The molecule has 1 N–H and O–H groups in total. The number of hydrogen-bond acceptors (Lipinski definition) is 4. The molecule has 0 radical (unpaired) electrons. The molecule has 0 spiro atoms. The lowest BCUT2D eigenvalue weighted by molar-refractivity contribution is -0.122. The third kappa shape index (κ3) is 4.86. The molecular weight excluding hydrogens is 308 g/mol. The van der Waals surface area contributed by atoms with Crippen LogP contribution in [-0.2, 0) is 10.5 Å². The number of nitrogens with zero attached hydrogens (tertiary/aromatic N) is 1. The van der Waals surface area contributed by atoms with Crippen LogP contribution in [0, 0.1) is 13.8 Å². The second-order valence-corrected chi connectivity index (χ2v) is 6.63. The van der Waals surface area contributed by atoms with Crippen molar-refractivity contribution < 1.29 is 9.32 Å². The monoisotopic (exact) mass is 332 g/mol. The largest absolute Gasteiger partial charge is 0.361 e. The fourth-order valence-electron chi connectivity index (χ4n) is 2.64. The van der Waals surface area contributed by atoms with Gasteiger partial charge in [-0.3, -0.25) is 4.79 Å². The lowest BCUT2D eigenvalue weighted by Crippen LogP contribution is -2.31. The predicted molar refractivity (Wildman–Crippen MR) is 94.6 cm³/mol. The SMILES string of the molecule is CCC(C(=O)NCCSCc1ccccc1)c1c(C)noc1C. The minimum absolute atomic E-state index is 0.0576. The van der Waals surface area contributed by atoms with Gasteiger partial charge in [-0.1, -0.05) is 42.4 Å². The van der Waals surface area contributed by atoms with E-state index in [4.69, 9.17) is 4.52 Å². The number of benzene rings is 1. The summed E-state index contributed by atoms with van der Waals surface area (Å²) in [4.78, 5) is 12.4. The van der Waals surface area contributed by atoms with E-state index in [1.54, 1.807) is 0 Å². The summed E-state index contributed by atoms with van der Waals surface area (Å²) in [7, 11) is 0. The van der Waals surface area contributed by atoms with Gasteiger partial charge in [0.2, 0.25) is 5.91 Å². The van der Waals surface area contributed by atoms with Crippen molar-refractivity contribution in [2.45, 2.75) is 38.9 Å². The summed E-state index contributed by atoms with van der Waals surface area (Å²) in [6, 6.07) is 10.4. The summed E-state index contributed by atoms with van der Waals surface area (Å²) in [5.74, 6) is 2.49. The summed E-state index contributed by atoms with van der Waals surface area (Å²) >= 11 is 1.83. The highest BCUT2D eigenvalue weighted by Gasteiger charge is 2.25. The first-order valence-electron chi connectivity index (χ1n) is 7.95. The van der Waals surface area contributed by atoms with Gasteiger partial charge < -0.3 is 9.84 Å². The van der Waals surface area contributed by atoms with Gasteiger partial charge in [-0.25, -0.2) is 0 Å². The third-order valence-corrected chi connectivity index (χ3v) is 4.85. The number of carbonyl (C=O) groups is 1. The maximum atomic E-state index is 12.4. The standard InChI is InChI=1S/C18H24N2O2S/c1-4-16(17-13(2)20-22-14(17)3)18(21)19-10-11-23-12-15-8-6-5-7-9-15/h5-9,16H,4,10-12H2,1-3H3,(H,19,21). The van der Waals surface area contributed by atoms with Crippen LogP contribution in [0.2, 0.25) is 0 Å². The molecule has 1 unspecified atom stereocenters. The van der Waals surface area contributed by atoms with Crippen molar-refractivity contribution in [2.75, 3.05) is 12.3 Å². The molecule has 4 nitrogen and oxygen atoms in total. The Labute approximate surface area is 142 Å². The van der Waals surface area contributed by atoms with Crippen LogP contribution >= 0.6 is 11.8 Å². The van der Waals surface area contributed by atoms with Crippen LogP contribution in [0.1, 0.15) is 41.8 Å². The zero-order chi connectivity index (χ0) is 16.7. The normalized spacial score (nSPS) is 12.1. The number of nitrogens with one attached hydrogen (secondary N) is 1. The molecule has 0 aliphatic heterocycles. The topological polar surface area (TPSA) is 55.1 Å². The number of carbonyl (C=O) groups excluding carboxylic acids is 1. The van der Waals surface area contributed by atoms with Crippen molar-refractivity contribution in [3.05, 3.63) is 52.9 Å². The maximum absolute atomic E-state index is 12.4. The lowest BCUT2D eigenvalue weighted by atomic mass is 9.94. The fraction of sp³-hybridized carbons (Fsp3) is 0.444. The molecule has 0 saturated carbocycles. The van der Waals surface area contributed by atoms with Crippen molar-refractivity contribution in [1.82, 2.24) is 10.5 Å². The Morgan fingerprint density at radius 2 is 2.04 bits per heavy atom. The van der Waals surface area contributed by atoms with Gasteiger partial charge in [0.1, 0.15) is 5.76 Å². The minimum atomic E-state index is -0.180. The highest BCUT2D eigenvalue weighted by Crippen LogP contribution is 2.26. The van der Waals surface area contributed by atoms with Crippen molar-refractivity contribution in [1.29, 1.82) is 0 Å². The van der Waals surface area contributed by atoms with Gasteiger partial charge in [0.05, 0.1) is 11.6 Å². The Bertz CT molecular complexity index is 606. The van der Waals surface area contributed by atoms with Gasteiger partial charge in [-0.2, -0.15) is 11.8 Å². The third-order valence-electron chi connectivity index (χ3n) is 3.82. The zero-order valence-electron chi connectivity index (χ0n) is 14.0. The first kappa shape index (κ1) is 17.6.